The van der Waals surface area contributed by atoms with Gasteiger partial charge in [0.05, 0.1) is 0 Å². The Balaban J connectivity index is 2.50. The third kappa shape index (κ3) is 3.61. The highest BCUT2D eigenvalue weighted by molar-refractivity contribution is 9.10. The molecule has 0 bridgehead atoms. The standard InChI is InChI=1S/C11H11BrClN/c1-2-3-4-7-14-11-8-9(13)5-6-10(11)12/h1,5-6,8,14H,3-4,7H2. The van der Waals surface area contributed by atoms with Crippen molar-refractivity contribution in [3.05, 3.63) is 27.7 Å². The zero-order valence-electron chi connectivity index (χ0n) is 7.69. The van der Waals surface area contributed by atoms with Gasteiger partial charge in [-0.1, -0.05) is 11.6 Å². The van der Waals surface area contributed by atoms with Gasteiger partial charge in [-0.2, -0.15) is 0 Å². The Hall–Kier alpha value is -0.650. The second-order valence-electron chi connectivity index (χ2n) is 2.86. The predicted octanol–water partition coefficient (Wildman–Crippen LogP) is 3.93. The quantitative estimate of drug-likeness (QED) is 0.647. The zero-order chi connectivity index (χ0) is 10.4. The molecule has 74 valence electrons. The Kier molecular flexibility index (Phi) is 4.86. The molecule has 1 aromatic rings. The number of anilines is 1. The number of hydrogen-bond donors (Lipinski definition) is 1. The molecular formula is C11H11BrClN. The first kappa shape index (κ1) is 11.4. The number of terminal acetylenes is 1. The SMILES string of the molecule is C#CCCCNc1cc(Cl)ccc1Br. The topological polar surface area (TPSA) is 12.0 Å². The molecule has 1 N–H and O–H groups in total. The molecule has 0 heterocycles. The molecule has 0 radical (unpaired) electrons. The molecule has 0 fully saturated rings. The van der Waals surface area contributed by atoms with Crippen molar-refractivity contribution in [1.29, 1.82) is 0 Å². The maximum atomic E-state index is 5.86. The highest BCUT2D eigenvalue weighted by Gasteiger charge is 1.98. The normalized spacial score (nSPS) is 9.50. The van der Waals surface area contributed by atoms with Crippen LogP contribution in [0.3, 0.4) is 0 Å². The van der Waals surface area contributed by atoms with Crippen LogP contribution in [0.4, 0.5) is 5.69 Å². The van der Waals surface area contributed by atoms with Crippen LogP contribution in [-0.4, -0.2) is 6.54 Å². The van der Waals surface area contributed by atoms with Gasteiger partial charge in [0.25, 0.3) is 0 Å². The second-order valence-corrected chi connectivity index (χ2v) is 4.15. The Bertz CT molecular complexity index is 344. The summed E-state index contributed by atoms with van der Waals surface area (Å²) in [5.74, 6) is 2.60. The minimum Gasteiger partial charge on any atom is -0.384 e. The van der Waals surface area contributed by atoms with E-state index in [1.165, 1.54) is 0 Å². The summed E-state index contributed by atoms with van der Waals surface area (Å²) in [5, 5.41) is 3.99. The van der Waals surface area contributed by atoms with Gasteiger partial charge in [-0.05, 0) is 40.5 Å². The van der Waals surface area contributed by atoms with Crippen LogP contribution in [0.5, 0.6) is 0 Å². The van der Waals surface area contributed by atoms with Crippen molar-refractivity contribution in [2.24, 2.45) is 0 Å². The fourth-order valence-electron chi connectivity index (χ4n) is 1.05. The highest BCUT2D eigenvalue weighted by Crippen LogP contribution is 2.25. The summed E-state index contributed by atoms with van der Waals surface area (Å²) in [6.45, 7) is 0.864. The lowest BCUT2D eigenvalue weighted by molar-refractivity contribution is 0.907. The van der Waals surface area contributed by atoms with Crippen molar-refractivity contribution in [2.75, 3.05) is 11.9 Å². The molecule has 1 rings (SSSR count). The van der Waals surface area contributed by atoms with Crippen molar-refractivity contribution in [2.45, 2.75) is 12.8 Å². The molecule has 1 nitrogen and oxygen atoms in total. The highest BCUT2D eigenvalue weighted by atomic mass is 79.9. The van der Waals surface area contributed by atoms with E-state index >= 15 is 0 Å². The fraction of sp³-hybridized carbons (Fsp3) is 0.273. The lowest BCUT2D eigenvalue weighted by atomic mass is 10.3. The monoisotopic (exact) mass is 271 g/mol. The van der Waals surface area contributed by atoms with Gasteiger partial charge in [-0.25, -0.2) is 0 Å². The molecule has 0 unspecified atom stereocenters. The maximum absolute atomic E-state index is 5.86. The van der Waals surface area contributed by atoms with Crippen LogP contribution in [0.25, 0.3) is 0 Å². The van der Waals surface area contributed by atoms with E-state index in [2.05, 4.69) is 27.2 Å². The Morgan fingerprint density at radius 1 is 1.50 bits per heavy atom. The summed E-state index contributed by atoms with van der Waals surface area (Å²) < 4.78 is 1.02. The average Bonchev–Trinajstić information content (AvgIpc) is 2.18. The molecule has 0 aliphatic carbocycles. The average molecular weight is 273 g/mol. The van der Waals surface area contributed by atoms with Crippen LogP contribution in [0.1, 0.15) is 12.8 Å². The smallest absolute Gasteiger partial charge is 0.0499 e. The number of unbranched alkanes of at least 4 members (excludes halogenated alkanes) is 1. The van der Waals surface area contributed by atoms with Crippen molar-refractivity contribution < 1.29 is 0 Å². The van der Waals surface area contributed by atoms with E-state index in [-0.39, 0.29) is 0 Å². The van der Waals surface area contributed by atoms with Crippen LogP contribution in [0.2, 0.25) is 5.02 Å². The lowest BCUT2D eigenvalue weighted by Crippen LogP contribution is -2.01. The van der Waals surface area contributed by atoms with E-state index in [4.69, 9.17) is 18.0 Å². The third-order valence-corrected chi connectivity index (χ3v) is 2.67. The van der Waals surface area contributed by atoms with Crippen molar-refractivity contribution in [3.63, 3.8) is 0 Å². The third-order valence-electron chi connectivity index (χ3n) is 1.74. The molecule has 14 heavy (non-hydrogen) atoms. The summed E-state index contributed by atoms with van der Waals surface area (Å²) in [5.41, 5.74) is 1.01. The van der Waals surface area contributed by atoms with Crippen LogP contribution < -0.4 is 5.32 Å². The van der Waals surface area contributed by atoms with E-state index in [0.29, 0.717) is 0 Å². The fourth-order valence-corrected chi connectivity index (χ4v) is 1.61. The number of hydrogen-bond acceptors (Lipinski definition) is 1. The molecule has 0 aliphatic heterocycles. The van der Waals surface area contributed by atoms with Gasteiger partial charge in [-0.15, -0.1) is 12.3 Å². The van der Waals surface area contributed by atoms with Gasteiger partial charge >= 0.3 is 0 Å². The Morgan fingerprint density at radius 3 is 3.00 bits per heavy atom. The number of nitrogens with one attached hydrogen (secondary N) is 1. The van der Waals surface area contributed by atoms with Crippen molar-refractivity contribution in [1.82, 2.24) is 0 Å². The van der Waals surface area contributed by atoms with Gasteiger partial charge in [0.2, 0.25) is 0 Å². The first-order valence-corrected chi connectivity index (χ1v) is 5.53. The molecule has 0 aliphatic rings. The Labute approximate surface area is 98.0 Å². The van der Waals surface area contributed by atoms with Gasteiger partial charge < -0.3 is 5.32 Å². The van der Waals surface area contributed by atoms with Crippen molar-refractivity contribution in [3.8, 4) is 12.3 Å². The molecule has 0 saturated carbocycles. The molecule has 3 heteroatoms. The second kappa shape index (κ2) is 5.95. The Morgan fingerprint density at radius 2 is 2.29 bits per heavy atom. The summed E-state index contributed by atoms with van der Waals surface area (Å²) in [7, 11) is 0. The molecule has 0 amide bonds. The van der Waals surface area contributed by atoms with Crippen LogP contribution in [0.15, 0.2) is 22.7 Å². The van der Waals surface area contributed by atoms with E-state index in [1.807, 2.05) is 18.2 Å². The van der Waals surface area contributed by atoms with Crippen LogP contribution >= 0.6 is 27.5 Å². The molecule has 0 spiro atoms. The van der Waals surface area contributed by atoms with Gasteiger partial charge in [0.15, 0.2) is 0 Å². The minimum atomic E-state index is 0.729. The molecule has 0 aromatic heterocycles. The maximum Gasteiger partial charge on any atom is 0.0499 e. The first-order valence-electron chi connectivity index (χ1n) is 4.36. The van der Waals surface area contributed by atoms with E-state index in [9.17, 15) is 0 Å². The number of halogens is 2. The first-order chi connectivity index (χ1) is 6.74. The van der Waals surface area contributed by atoms with E-state index in [1.54, 1.807) is 0 Å². The largest absolute Gasteiger partial charge is 0.384 e. The van der Waals surface area contributed by atoms with E-state index in [0.717, 1.165) is 34.6 Å². The van der Waals surface area contributed by atoms with Crippen LogP contribution in [0, 0.1) is 12.3 Å². The minimum absolute atomic E-state index is 0.729. The number of rotatable bonds is 4. The lowest BCUT2D eigenvalue weighted by Gasteiger charge is -2.07. The van der Waals surface area contributed by atoms with Gasteiger partial charge in [0.1, 0.15) is 0 Å². The predicted molar refractivity (Wildman–Crippen MR) is 65.7 cm³/mol. The van der Waals surface area contributed by atoms with Crippen molar-refractivity contribution >= 4 is 33.2 Å². The summed E-state index contributed by atoms with van der Waals surface area (Å²) in [4.78, 5) is 0. The van der Waals surface area contributed by atoms with E-state index < -0.39 is 0 Å². The summed E-state index contributed by atoms with van der Waals surface area (Å²) in [6, 6.07) is 5.66. The van der Waals surface area contributed by atoms with Crippen LogP contribution in [-0.2, 0) is 0 Å². The zero-order valence-corrected chi connectivity index (χ0v) is 10.0. The van der Waals surface area contributed by atoms with Gasteiger partial charge in [-0.3, -0.25) is 0 Å². The molecule has 0 atom stereocenters. The molecule has 1 aromatic carbocycles. The molecule has 0 saturated heterocycles. The van der Waals surface area contributed by atoms with Gasteiger partial charge in [0, 0.05) is 28.1 Å². The summed E-state index contributed by atoms with van der Waals surface area (Å²) in [6.07, 6.45) is 6.92. The summed E-state index contributed by atoms with van der Waals surface area (Å²) >= 11 is 9.30. The number of benzene rings is 1. The molecular weight excluding hydrogens is 261 g/mol.